The molecule has 0 radical (unpaired) electrons. The highest BCUT2D eigenvalue weighted by Crippen LogP contribution is 2.29. The molecule has 2 atom stereocenters. The lowest BCUT2D eigenvalue weighted by Crippen LogP contribution is -2.74. The second-order valence-electron chi connectivity index (χ2n) is 5.48. The Bertz CT molecular complexity index is 1060. The van der Waals surface area contributed by atoms with E-state index in [0.717, 1.165) is 25.6 Å². The Morgan fingerprint density at radius 3 is 2.52 bits per heavy atom. The average molecular weight is 518 g/mol. The summed E-state index contributed by atoms with van der Waals surface area (Å²) in [5.74, 6) is -4.62. The molecule has 31 heavy (non-hydrogen) atoms. The van der Waals surface area contributed by atoms with E-state index in [9.17, 15) is 27.6 Å². The largest absolute Gasteiger partial charge is 0.467 e. The zero-order valence-electron chi connectivity index (χ0n) is 15.5. The number of anilines is 1. The van der Waals surface area contributed by atoms with Crippen LogP contribution in [-0.4, -0.2) is 83.8 Å². The summed E-state index contributed by atoms with van der Waals surface area (Å²) in [4.78, 5) is 56.6. The highest BCUT2D eigenvalue weighted by atomic mass is 35.5. The van der Waals surface area contributed by atoms with Crippen molar-refractivity contribution in [2.75, 3.05) is 25.4 Å². The van der Waals surface area contributed by atoms with E-state index in [1.807, 2.05) is 0 Å². The first kappa shape index (κ1) is 24.7. The number of oxime groups is 1. The van der Waals surface area contributed by atoms with E-state index in [1.54, 1.807) is 0 Å². The molecule has 3 N–H and O–H groups in total. The van der Waals surface area contributed by atoms with Crippen molar-refractivity contribution in [3.8, 4) is 0 Å². The molecule has 1 saturated heterocycles. The van der Waals surface area contributed by atoms with Crippen LogP contribution in [0.4, 0.5) is 5.13 Å². The molecule has 0 spiro atoms. The highest BCUT2D eigenvalue weighted by Gasteiger charge is 2.58. The summed E-state index contributed by atoms with van der Waals surface area (Å²) in [6.45, 7) is 0. The second-order valence-corrected chi connectivity index (χ2v) is 8.63. The third-order valence-electron chi connectivity index (χ3n) is 3.60. The van der Waals surface area contributed by atoms with Gasteiger partial charge in [-0.1, -0.05) is 28.1 Å². The van der Waals surface area contributed by atoms with Gasteiger partial charge in [0.25, 0.3) is 11.8 Å². The molecule has 2 heterocycles. The van der Waals surface area contributed by atoms with Crippen LogP contribution in [0.5, 0.6) is 0 Å². The number of esters is 1. The Balaban J connectivity index is 2.31. The molecular weight excluding hydrogens is 505 g/mol. The summed E-state index contributed by atoms with van der Waals surface area (Å²) < 4.78 is 35.9. The number of β-lactam (4-membered cyclic amide) rings is 1. The van der Waals surface area contributed by atoms with E-state index in [1.165, 1.54) is 0 Å². The maximum atomic E-state index is 12.7. The maximum Gasteiger partial charge on any atom is 0.363 e. The van der Waals surface area contributed by atoms with Crippen molar-refractivity contribution in [2.45, 2.75) is 12.1 Å². The van der Waals surface area contributed by atoms with Crippen LogP contribution in [0.15, 0.2) is 5.16 Å². The van der Waals surface area contributed by atoms with Gasteiger partial charge in [-0.3, -0.25) is 18.9 Å². The van der Waals surface area contributed by atoms with E-state index in [4.69, 9.17) is 27.8 Å². The second kappa shape index (κ2) is 9.73. The van der Waals surface area contributed by atoms with Gasteiger partial charge in [-0.2, -0.15) is 12.7 Å². The fourth-order valence-corrected chi connectivity index (χ4v) is 4.32. The lowest BCUT2D eigenvalue weighted by atomic mass is 9.98. The Hall–Kier alpha value is -2.53. The minimum absolute atomic E-state index is 0.0213. The summed E-state index contributed by atoms with van der Waals surface area (Å²) in [6, 6.07) is -3.57. The average Bonchev–Trinajstić information content (AvgIpc) is 3.05. The van der Waals surface area contributed by atoms with E-state index in [2.05, 4.69) is 30.3 Å². The predicted octanol–water partition coefficient (Wildman–Crippen LogP) is -1.00. The fourth-order valence-electron chi connectivity index (χ4n) is 2.36. The number of hydrogen-bond acceptors (Lipinski definition) is 11. The molecule has 1 aromatic heterocycles. The number of amides is 3. The molecule has 0 aromatic carbocycles. The highest BCUT2D eigenvalue weighted by molar-refractivity contribution is 7.84. The van der Waals surface area contributed by atoms with Crippen LogP contribution in [0.2, 0.25) is 4.34 Å². The quantitative estimate of drug-likeness (QED) is 0.0959. The van der Waals surface area contributed by atoms with Gasteiger partial charge < -0.3 is 20.2 Å². The molecule has 0 saturated carbocycles. The number of nitrogens with zero attached hydrogens (tertiary/aromatic N) is 3. The number of nitrogens with one attached hydrogen (secondary N) is 2. The van der Waals surface area contributed by atoms with E-state index in [-0.39, 0.29) is 25.3 Å². The van der Waals surface area contributed by atoms with Crippen molar-refractivity contribution in [2.24, 2.45) is 5.16 Å². The van der Waals surface area contributed by atoms with E-state index in [0.29, 0.717) is 0 Å². The predicted molar refractivity (Wildman–Crippen MR) is 106 cm³/mol. The van der Waals surface area contributed by atoms with Crippen LogP contribution in [0.3, 0.4) is 0 Å². The summed E-state index contributed by atoms with van der Waals surface area (Å²) in [7, 11) is -3.09. The summed E-state index contributed by atoms with van der Waals surface area (Å²) in [5.41, 5.74) is -0.805. The first-order chi connectivity index (χ1) is 14.5. The van der Waals surface area contributed by atoms with Gasteiger partial charge in [-0.15, -0.1) is 11.6 Å². The van der Waals surface area contributed by atoms with Gasteiger partial charge in [-0.25, -0.2) is 9.78 Å². The first-order valence-corrected chi connectivity index (χ1v) is 10.9. The molecule has 18 heteroatoms. The van der Waals surface area contributed by atoms with Gasteiger partial charge in [0.05, 0.1) is 7.11 Å². The Kier molecular flexibility index (Phi) is 7.77. The SMILES string of the molecule is CON=C(C(=O)NC1C(=O)N(S(=O)(=O)O)C1C(=O)OC)c1nc(NC(=O)CCl)sc1Cl. The molecule has 14 nitrogen and oxygen atoms in total. The third kappa shape index (κ3) is 5.21. The number of thiazole rings is 1. The normalized spacial score (nSPS) is 18.8. The maximum absolute atomic E-state index is 12.7. The number of rotatable bonds is 8. The fraction of sp³-hybridized carbons (Fsp3) is 0.385. The van der Waals surface area contributed by atoms with Crippen LogP contribution in [0, 0.1) is 0 Å². The minimum atomic E-state index is -5.09. The first-order valence-electron chi connectivity index (χ1n) is 7.79. The van der Waals surface area contributed by atoms with E-state index >= 15 is 0 Å². The van der Waals surface area contributed by atoms with Gasteiger partial charge >= 0.3 is 16.3 Å². The van der Waals surface area contributed by atoms with Gasteiger partial charge in [0.2, 0.25) is 5.91 Å². The van der Waals surface area contributed by atoms with Crippen LogP contribution >= 0.6 is 34.5 Å². The zero-order valence-corrected chi connectivity index (χ0v) is 18.6. The Morgan fingerprint density at radius 2 is 2.00 bits per heavy atom. The van der Waals surface area contributed by atoms with Crippen LogP contribution < -0.4 is 10.6 Å². The number of ether oxygens (including phenoxy) is 1. The summed E-state index contributed by atoms with van der Waals surface area (Å²) in [5, 5.41) is 7.86. The Labute approximate surface area is 188 Å². The van der Waals surface area contributed by atoms with Gasteiger partial charge in [0.15, 0.2) is 16.9 Å². The molecule has 1 fully saturated rings. The number of aromatic nitrogens is 1. The number of halogens is 2. The lowest BCUT2D eigenvalue weighted by molar-refractivity contribution is -0.162. The van der Waals surface area contributed by atoms with Gasteiger partial charge in [0, 0.05) is 0 Å². The number of methoxy groups -OCH3 is 1. The molecule has 1 aliphatic heterocycles. The van der Waals surface area contributed by atoms with Crippen molar-refractivity contribution in [3.05, 3.63) is 10.0 Å². The number of hydrogen-bond donors (Lipinski definition) is 3. The van der Waals surface area contributed by atoms with E-state index < -0.39 is 51.8 Å². The molecule has 3 amide bonds. The number of carbonyl (C=O) groups is 4. The number of carbonyl (C=O) groups excluding carboxylic acids is 4. The summed E-state index contributed by atoms with van der Waals surface area (Å²) in [6.07, 6.45) is 0. The van der Waals surface area contributed by atoms with Crippen molar-refractivity contribution in [3.63, 3.8) is 0 Å². The molecule has 1 aliphatic rings. The van der Waals surface area contributed by atoms with Gasteiger partial charge in [-0.05, 0) is 0 Å². The molecule has 2 rings (SSSR count). The standard InChI is InChI=1S/C13H13Cl2N5O9S2/c1-28-12(24)8-7(11(23)20(8)31(25,26)27)17-10(22)6(19-29-2)5-9(15)30-13(18-5)16-4(21)3-14/h7-8H,3H2,1-2H3,(H,17,22)(H,16,18,21)(H,25,26,27). The van der Waals surface area contributed by atoms with Crippen molar-refractivity contribution >= 4 is 79.4 Å². The van der Waals surface area contributed by atoms with Crippen LogP contribution in [0.1, 0.15) is 5.69 Å². The molecular formula is C13H13Cl2N5O9S2. The molecule has 170 valence electrons. The number of alkyl halides is 1. The van der Waals surface area contributed by atoms with Gasteiger partial charge in [0.1, 0.15) is 29.1 Å². The van der Waals surface area contributed by atoms with Crippen molar-refractivity contribution in [1.82, 2.24) is 14.6 Å². The van der Waals surface area contributed by atoms with Crippen molar-refractivity contribution < 1.29 is 41.7 Å². The molecule has 2 unspecified atom stereocenters. The molecule has 0 bridgehead atoms. The minimum Gasteiger partial charge on any atom is -0.467 e. The van der Waals surface area contributed by atoms with Crippen LogP contribution in [-0.2, 0) is 39.1 Å². The lowest BCUT2D eigenvalue weighted by Gasteiger charge is -2.41. The monoisotopic (exact) mass is 517 g/mol. The Morgan fingerprint density at radius 1 is 1.35 bits per heavy atom. The third-order valence-corrected chi connectivity index (χ3v) is 5.92. The zero-order chi connectivity index (χ0) is 23.5. The topological polar surface area (TPSA) is 194 Å². The molecule has 1 aromatic rings. The van der Waals surface area contributed by atoms with Crippen molar-refractivity contribution in [1.29, 1.82) is 0 Å². The van der Waals surface area contributed by atoms with Crippen LogP contribution in [0.25, 0.3) is 0 Å². The smallest absolute Gasteiger partial charge is 0.363 e. The molecule has 0 aliphatic carbocycles. The summed E-state index contributed by atoms with van der Waals surface area (Å²) >= 11 is 12.2.